The van der Waals surface area contributed by atoms with Gasteiger partial charge in [-0.3, -0.25) is 10.2 Å². The van der Waals surface area contributed by atoms with Crippen LogP contribution >= 0.6 is 0 Å². The third-order valence-corrected chi connectivity index (χ3v) is 2.28. The Bertz CT molecular complexity index is 417. The summed E-state index contributed by atoms with van der Waals surface area (Å²) in [5.41, 5.74) is 5.46. The minimum Gasteiger partial charge on any atom is -0.484 e. The van der Waals surface area contributed by atoms with E-state index in [2.05, 4.69) is 22.5 Å². The van der Waals surface area contributed by atoms with Crippen molar-refractivity contribution in [1.29, 1.82) is 0 Å². The van der Waals surface area contributed by atoms with Crippen molar-refractivity contribution in [2.75, 3.05) is 13.2 Å². The third-order valence-electron chi connectivity index (χ3n) is 2.28. The van der Waals surface area contributed by atoms with Crippen LogP contribution < -0.4 is 15.6 Å². The number of carbonyl (C=O) groups is 2. The molecule has 0 aromatic heterocycles. The van der Waals surface area contributed by atoms with E-state index in [0.717, 1.165) is 6.42 Å². The van der Waals surface area contributed by atoms with Gasteiger partial charge in [0.15, 0.2) is 6.61 Å². The fourth-order valence-electron chi connectivity index (χ4n) is 1.29. The van der Waals surface area contributed by atoms with Crippen LogP contribution in [0.3, 0.4) is 0 Å². The maximum atomic E-state index is 11.3. The van der Waals surface area contributed by atoms with Crippen LogP contribution in [0, 0.1) is 0 Å². The smallest absolute Gasteiger partial charge is 0.426 e. The highest BCUT2D eigenvalue weighted by Gasteiger charge is 2.05. The number of carbonyl (C=O) groups excluding carboxylic acids is 2. The summed E-state index contributed by atoms with van der Waals surface area (Å²) in [5.74, 6) is 0.135. The van der Waals surface area contributed by atoms with Gasteiger partial charge in [-0.05, 0) is 31.0 Å². The van der Waals surface area contributed by atoms with Crippen LogP contribution in [0.2, 0.25) is 0 Å². The van der Waals surface area contributed by atoms with Gasteiger partial charge >= 0.3 is 6.09 Å². The Labute approximate surface area is 112 Å². The van der Waals surface area contributed by atoms with Crippen molar-refractivity contribution < 1.29 is 19.1 Å². The second-order valence-electron chi connectivity index (χ2n) is 3.68. The molecule has 0 saturated heterocycles. The molecule has 1 aromatic rings. The Kier molecular flexibility index (Phi) is 6.21. The Balaban J connectivity index is 2.27. The molecule has 0 atom stereocenters. The number of amides is 2. The minimum absolute atomic E-state index is 0.183. The van der Waals surface area contributed by atoms with E-state index in [1.54, 1.807) is 19.1 Å². The molecule has 2 N–H and O–H groups in total. The molecule has 1 aromatic carbocycles. The maximum absolute atomic E-state index is 11.3. The average molecular weight is 266 g/mol. The summed E-state index contributed by atoms with van der Waals surface area (Å²) in [6.07, 6.45) is 0.243. The zero-order valence-corrected chi connectivity index (χ0v) is 11.1. The van der Waals surface area contributed by atoms with E-state index < -0.39 is 12.0 Å². The molecule has 0 aliphatic rings. The van der Waals surface area contributed by atoms with Gasteiger partial charge in [0.25, 0.3) is 5.91 Å². The molecule has 6 nitrogen and oxygen atoms in total. The van der Waals surface area contributed by atoms with Crippen LogP contribution in [-0.2, 0) is 16.0 Å². The van der Waals surface area contributed by atoms with Gasteiger partial charge in [-0.1, -0.05) is 19.1 Å². The Morgan fingerprint density at radius 2 is 1.79 bits per heavy atom. The fourth-order valence-corrected chi connectivity index (χ4v) is 1.29. The van der Waals surface area contributed by atoms with Gasteiger partial charge in [-0.2, -0.15) is 0 Å². The number of aryl methyl sites for hydroxylation is 1. The number of ether oxygens (including phenoxy) is 2. The summed E-state index contributed by atoms with van der Waals surface area (Å²) in [7, 11) is 0. The molecule has 104 valence electrons. The van der Waals surface area contributed by atoms with Crippen molar-refractivity contribution in [2.45, 2.75) is 20.3 Å². The highest BCUT2D eigenvalue weighted by molar-refractivity contribution is 5.80. The lowest BCUT2D eigenvalue weighted by Crippen LogP contribution is -2.44. The van der Waals surface area contributed by atoms with Crippen molar-refractivity contribution in [3.8, 4) is 5.75 Å². The first-order valence-corrected chi connectivity index (χ1v) is 6.09. The van der Waals surface area contributed by atoms with Gasteiger partial charge in [-0.15, -0.1) is 0 Å². The Morgan fingerprint density at radius 1 is 1.11 bits per heavy atom. The summed E-state index contributed by atoms with van der Waals surface area (Å²) in [4.78, 5) is 22.2. The van der Waals surface area contributed by atoms with E-state index in [-0.39, 0.29) is 13.2 Å². The van der Waals surface area contributed by atoms with E-state index in [9.17, 15) is 9.59 Å². The number of nitrogens with one attached hydrogen (secondary N) is 2. The van der Waals surface area contributed by atoms with Crippen molar-refractivity contribution in [3.63, 3.8) is 0 Å². The van der Waals surface area contributed by atoms with E-state index in [1.165, 1.54) is 5.56 Å². The van der Waals surface area contributed by atoms with Crippen molar-refractivity contribution in [2.24, 2.45) is 0 Å². The molecule has 0 heterocycles. The van der Waals surface area contributed by atoms with Gasteiger partial charge in [0.1, 0.15) is 5.75 Å². The molecule has 0 unspecified atom stereocenters. The zero-order chi connectivity index (χ0) is 14.1. The first-order chi connectivity index (χ1) is 9.15. The standard InChI is InChI=1S/C13H18N2O4/c1-3-10-5-7-11(8-6-10)19-9-12(16)14-15-13(17)18-4-2/h5-8H,3-4,9H2,1-2H3,(H,14,16)(H,15,17). The lowest BCUT2D eigenvalue weighted by atomic mass is 10.2. The molecule has 0 aliphatic heterocycles. The van der Waals surface area contributed by atoms with E-state index in [0.29, 0.717) is 5.75 Å². The lowest BCUT2D eigenvalue weighted by Gasteiger charge is -2.08. The maximum Gasteiger partial charge on any atom is 0.426 e. The van der Waals surface area contributed by atoms with E-state index >= 15 is 0 Å². The lowest BCUT2D eigenvalue weighted by molar-refractivity contribution is -0.123. The summed E-state index contributed by atoms with van der Waals surface area (Å²) < 4.78 is 9.83. The normalized spacial score (nSPS) is 9.58. The topological polar surface area (TPSA) is 76.7 Å². The second-order valence-corrected chi connectivity index (χ2v) is 3.68. The predicted octanol–water partition coefficient (Wildman–Crippen LogP) is 1.41. The SMILES string of the molecule is CCOC(=O)NNC(=O)COc1ccc(CC)cc1. The molecule has 0 saturated carbocycles. The summed E-state index contributed by atoms with van der Waals surface area (Å²) in [6, 6.07) is 7.46. The molecule has 0 bridgehead atoms. The minimum atomic E-state index is -0.705. The number of benzene rings is 1. The van der Waals surface area contributed by atoms with Crippen molar-refractivity contribution in [1.82, 2.24) is 10.9 Å². The number of rotatable bonds is 5. The molecule has 0 fully saturated rings. The average Bonchev–Trinajstić information content (AvgIpc) is 2.44. The van der Waals surface area contributed by atoms with Crippen molar-refractivity contribution >= 4 is 12.0 Å². The van der Waals surface area contributed by atoms with Gasteiger partial charge in [0, 0.05) is 0 Å². The molecule has 19 heavy (non-hydrogen) atoms. The number of hydrogen-bond donors (Lipinski definition) is 2. The molecule has 0 spiro atoms. The number of hydrazine groups is 1. The van der Waals surface area contributed by atoms with Crippen LogP contribution in [0.4, 0.5) is 4.79 Å². The predicted molar refractivity (Wildman–Crippen MR) is 69.6 cm³/mol. The Morgan fingerprint density at radius 3 is 2.37 bits per heavy atom. The van der Waals surface area contributed by atoms with Crippen LogP contribution in [0.25, 0.3) is 0 Å². The molecule has 6 heteroatoms. The first kappa shape index (κ1) is 14.8. The molecular weight excluding hydrogens is 248 g/mol. The first-order valence-electron chi connectivity index (χ1n) is 6.09. The van der Waals surface area contributed by atoms with E-state index in [4.69, 9.17) is 4.74 Å². The fraction of sp³-hybridized carbons (Fsp3) is 0.385. The molecule has 2 amide bonds. The largest absolute Gasteiger partial charge is 0.484 e. The van der Waals surface area contributed by atoms with Gasteiger partial charge in [0.05, 0.1) is 6.61 Å². The molecule has 0 aliphatic carbocycles. The quantitative estimate of drug-likeness (QED) is 0.790. The van der Waals surface area contributed by atoms with E-state index in [1.807, 2.05) is 12.1 Å². The summed E-state index contributed by atoms with van der Waals surface area (Å²) in [5, 5.41) is 0. The van der Waals surface area contributed by atoms with Gasteiger partial charge in [0.2, 0.25) is 0 Å². The van der Waals surface area contributed by atoms with Gasteiger partial charge in [-0.25, -0.2) is 10.2 Å². The molecule has 1 rings (SSSR count). The highest BCUT2D eigenvalue weighted by Crippen LogP contribution is 2.12. The third kappa shape index (κ3) is 5.76. The number of hydrogen-bond acceptors (Lipinski definition) is 4. The zero-order valence-electron chi connectivity index (χ0n) is 11.1. The molecule has 0 radical (unpaired) electrons. The highest BCUT2D eigenvalue weighted by atomic mass is 16.6. The van der Waals surface area contributed by atoms with Crippen molar-refractivity contribution in [3.05, 3.63) is 29.8 Å². The van der Waals surface area contributed by atoms with Crippen LogP contribution in [0.1, 0.15) is 19.4 Å². The Hall–Kier alpha value is -2.24. The van der Waals surface area contributed by atoms with Gasteiger partial charge < -0.3 is 9.47 Å². The van der Waals surface area contributed by atoms with Crippen LogP contribution in [-0.4, -0.2) is 25.2 Å². The second kappa shape index (κ2) is 7.97. The summed E-state index contributed by atoms with van der Waals surface area (Å²) in [6.45, 7) is 3.79. The monoisotopic (exact) mass is 266 g/mol. The van der Waals surface area contributed by atoms with Crippen LogP contribution in [0.15, 0.2) is 24.3 Å². The molecular formula is C13H18N2O4. The van der Waals surface area contributed by atoms with Crippen LogP contribution in [0.5, 0.6) is 5.75 Å². The summed E-state index contributed by atoms with van der Waals surface area (Å²) >= 11 is 0.